The van der Waals surface area contributed by atoms with E-state index in [1.165, 1.54) is 13.2 Å². The van der Waals surface area contributed by atoms with Crippen LogP contribution in [0.15, 0.2) is 36.4 Å². The number of nitrogen functional groups attached to an aromatic ring is 1. The summed E-state index contributed by atoms with van der Waals surface area (Å²) in [5.74, 6) is 1.30. The van der Waals surface area contributed by atoms with Crippen LogP contribution in [0.25, 0.3) is 0 Å². The highest BCUT2D eigenvalue weighted by Gasteiger charge is 2.23. The van der Waals surface area contributed by atoms with E-state index in [0.29, 0.717) is 41.0 Å². The van der Waals surface area contributed by atoms with Gasteiger partial charge < -0.3 is 30.5 Å². The highest BCUT2D eigenvalue weighted by Crippen LogP contribution is 2.29. The first-order valence-electron chi connectivity index (χ1n) is 10.4. The quantitative estimate of drug-likeness (QED) is 0.538. The van der Waals surface area contributed by atoms with Gasteiger partial charge in [0.05, 0.1) is 36.6 Å². The van der Waals surface area contributed by atoms with E-state index in [-0.39, 0.29) is 5.91 Å². The standard InChI is InChI=1S/C23H30ClN3O4/c1-30-17-5-3-4-16(10-17)21(28)14-27-8-6-15(7-9-27)13-26-23(29)18-11-19(24)20(25)12-22(18)31-2/h3-5,10-12,15,21,28H,6-9,13-14,25H2,1-2H3,(H,26,29). The molecule has 168 valence electrons. The fraction of sp³-hybridized carbons (Fsp3) is 0.435. The molecule has 1 heterocycles. The van der Waals surface area contributed by atoms with Gasteiger partial charge in [0.25, 0.3) is 5.91 Å². The molecule has 1 saturated heterocycles. The molecule has 0 aromatic heterocycles. The Kier molecular flexibility index (Phi) is 8.01. The summed E-state index contributed by atoms with van der Waals surface area (Å²) < 4.78 is 10.5. The third-order valence-corrected chi connectivity index (χ3v) is 6.06. The number of benzene rings is 2. The van der Waals surface area contributed by atoms with Crippen LogP contribution in [0.3, 0.4) is 0 Å². The lowest BCUT2D eigenvalue weighted by Gasteiger charge is -2.33. The first-order valence-corrected chi connectivity index (χ1v) is 10.7. The van der Waals surface area contributed by atoms with Crippen molar-refractivity contribution in [3.05, 3.63) is 52.5 Å². The SMILES string of the molecule is COc1cccc(C(O)CN2CCC(CNC(=O)c3cc(Cl)c(N)cc3OC)CC2)c1. The summed E-state index contributed by atoms with van der Waals surface area (Å²) in [7, 11) is 3.11. The summed E-state index contributed by atoms with van der Waals surface area (Å²) in [4.78, 5) is 14.9. The van der Waals surface area contributed by atoms with Crippen LogP contribution < -0.4 is 20.5 Å². The van der Waals surface area contributed by atoms with Gasteiger partial charge in [-0.3, -0.25) is 4.79 Å². The molecular weight excluding hydrogens is 418 g/mol. The minimum absolute atomic E-state index is 0.227. The van der Waals surface area contributed by atoms with Crippen LogP contribution in [0.5, 0.6) is 11.5 Å². The van der Waals surface area contributed by atoms with Crippen LogP contribution in [0.4, 0.5) is 5.69 Å². The molecular formula is C23H30ClN3O4. The Morgan fingerprint density at radius 1 is 1.26 bits per heavy atom. The zero-order valence-electron chi connectivity index (χ0n) is 17.9. The van der Waals surface area contributed by atoms with Gasteiger partial charge >= 0.3 is 0 Å². The van der Waals surface area contributed by atoms with Crippen LogP contribution in [-0.2, 0) is 0 Å². The largest absolute Gasteiger partial charge is 0.497 e. The molecule has 1 amide bonds. The average molecular weight is 448 g/mol. The smallest absolute Gasteiger partial charge is 0.255 e. The lowest BCUT2D eigenvalue weighted by molar-refractivity contribution is 0.0850. The summed E-state index contributed by atoms with van der Waals surface area (Å²) in [5.41, 5.74) is 7.38. The van der Waals surface area contributed by atoms with E-state index in [9.17, 15) is 9.90 Å². The highest BCUT2D eigenvalue weighted by atomic mass is 35.5. The van der Waals surface area contributed by atoms with Crippen LogP contribution in [0.2, 0.25) is 5.02 Å². The minimum atomic E-state index is -0.561. The number of anilines is 1. The monoisotopic (exact) mass is 447 g/mol. The van der Waals surface area contributed by atoms with Crippen LogP contribution in [0, 0.1) is 5.92 Å². The molecule has 2 aromatic rings. The number of piperidine rings is 1. The average Bonchev–Trinajstić information content (AvgIpc) is 2.79. The van der Waals surface area contributed by atoms with Crippen molar-refractivity contribution in [2.75, 3.05) is 46.1 Å². The third kappa shape index (κ3) is 6.03. The second-order valence-electron chi connectivity index (χ2n) is 7.82. The van der Waals surface area contributed by atoms with Crippen molar-refractivity contribution in [2.45, 2.75) is 18.9 Å². The molecule has 1 unspecified atom stereocenters. The molecule has 31 heavy (non-hydrogen) atoms. The van der Waals surface area contributed by atoms with Crippen molar-refractivity contribution in [2.24, 2.45) is 5.92 Å². The van der Waals surface area contributed by atoms with Gasteiger partial charge in [-0.25, -0.2) is 0 Å². The van der Waals surface area contributed by atoms with E-state index in [0.717, 1.165) is 37.2 Å². The predicted octanol–water partition coefficient (Wildman–Crippen LogP) is 3.11. The Morgan fingerprint density at radius 3 is 2.68 bits per heavy atom. The predicted molar refractivity (Wildman–Crippen MR) is 122 cm³/mol. The maximum absolute atomic E-state index is 12.6. The summed E-state index contributed by atoms with van der Waals surface area (Å²) in [6, 6.07) is 10.6. The highest BCUT2D eigenvalue weighted by molar-refractivity contribution is 6.33. The van der Waals surface area contributed by atoms with E-state index < -0.39 is 6.10 Å². The Labute approximate surface area is 188 Å². The second-order valence-corrected chi connectivity index (χ2v) is 8.23. The molecule has 8 heteroatoms. The summed E-state index contributed by atoms with van der Waals surface area (Å²) in [6.45, 7) is 2.90. The number of hydrogen-bond donors (Lipinski definition) is 3. The number of carbonyl (C=O) groups is 1. The van der Waals surface area contributed by atoms with E-state index in [1.807, 2.05) is 24.3 Å². The number of carbonyl (C=O) groups excluding carboxylic acids is 1. The number of halogens is 1. The van der Waals surface area contributed by atoms with E-state index in [4.69, 9.17) is 26.8 Å². The van der Waals surface area contributed by atoms with Gasteiger partial charge in [0.2, 0.25) is 0 Å². The number of rotatable bonds is 8. The number of hydrogen-bond acceptors (Lipinski definition) is 6. The maximum Gasteiger partial charge on any atom is 0.255 e. The normalized spacial score (nSPS) is 16.0. The first-order chi connectivity index (χ1) is 14.9. The molecule has 0 bridgehead atoms. The number of likely N-dealkylation sites (tertiary alicyclic amines) is 1. The minimum Gasteiger partial charge on any atom is -0.497 e. The van der Waals surface area contributed by atoms with Crippen molar-refractivity contribution in [1.29, 1.82) is 0 Å². The van der Waals surface area contributed by atoms with E-state index in [2.05, 4.69) is 10.2 Å². The van der Waals surface area contributed by atoms with Crippen LogP contribution >= 0.6 is 11.6 Å². The number of nitrogens with two attached hydrogens (primary N) is 1. The molecule has 1 aliphatic rings. The second kappa shape index (κ2) is 10.7. The molecule has 3 rings (SSSR count). The molecule has 1 fully saturated rings. The number of β-amino-alcohol motifs (C(OH)–C–C–N with tert-alkyl or cyclic N) is 1. The topological polar surface area (TPSA) is 97.1 Å². The van der Waals surface area contributed by atoms with Gasteiger partial charge in [0.1, 0.15) is 11.5 Å². The molecule has 1 aliphatic heterocycles. The molecule has 0 radical (unpaired) electrons. The van der Waals surface area contributed by atoms with Gasteiger partial charge in [-0.15, -0.1) is 0 Å². The van der Waals surface area contributed by atoms with Gasteiger partial charge in [-0.05, 0) is 55.6 Å². The Hall–Kier alpha value is -2.48. The summed E-state index contributed by atoms with van der Waals surface area (Å²) in [5, 5.41) is 13.9. The van der Waals surface area contributed by atoms with E-state index in [1.54, 1.807) is 13.2 Å². The van der Waals surface area contributed by atoms with Crippen molar-refractivity contribution >= 4 is 23.2 Å². The number of ether oxygens (including phenoxy) is 2. The Balaban J connectivity index is 1.47. The van der Waals surface area contributed by atoms with Crippen molar-refractivity contribution in [3.63, 3.8) is 0 Å². The lowest BCUT2D eigenvalue weighted by atomic mass is 9.96. The van der Waals surface area contributed by atoms with Gasteiger partial charge in [-0.2, -0.15) is 0 Å². The summed E-state index contributed by atoms with van der Waals surface area (Å²) >= 11 is 6.06. The molecule has 0 aliphatic carbocycles. The van der Waals surface area contributed by atoms with Crippen molar-refractivity contribution < 1.29 is 19.4 Å². The third-order valence-electron chi connectivity index (χ3n) is 5.73. The van der Waals surface area contributed by atoms with Gasteiger partial charge in [0.15, 0.2) is 0 Å². The molecule has 4 N–H and O–H groups in total. The molecule has 0 spiro atoms. The number of amides is 1. The molecule has 1 atom stereocenters. The van der Waals surface area contributed by atoms with Crippen molar-refractivity contribution in [1.82, 2.24) is 10.2 Å². The zero-order valence-corrected chi connectivity index (χ0v) is 18.7. The fourth-order valence-corrected chi connectivity index (χ4v) is 3.98. The Morgan fingerprint density at radius 2 is 2.00 bits per heavy atom. The molecule has 0 saturated carbocycles. The fourth-order valence-electron chi connectivity index (χ4n) is 3.82. The lowest BCUT2D eigenvalue weighted by Crippen LogP contribution is -2.40. The van der Waals surface area contributed by atoms with Gasteiger partial charge in [-0.1, -0.05) is 23.7 Å². The number of nitrogens with one attached hydrogen (secondary N) is 1. The van der Waals surface area contributed by atoms with E-state index >= 15 is 0 Å². The molecule has 2 aromatic carbocycles. The Bertz CT molecular complexity index is 900. The number of methoxy groups -OCH3 is 2. The van der Waals surface area contributed by atoms with Gasteiger partial charge in [0, 0.05) is 19.2 Å². The number of aliphatic hydroxyl groups is 1. The number of nitrogens with zero attached hydrogens (tertiary/aromatic N) is 1. The molecule has 7 nitrogen and oxygen atoms in total. The first kappa shape index (κ1) is 23.2. The zero-order chi connectivity index (χ0) is 22.4. The summed E-state index contributed by atoms with van der Waals surface area (Å²) in [6.07, 6.45) is 1.34. The number of aliphatic hydroxyl groups excluding tert-OH is 1. The maximum atomic E-state index is 12.6. The van der Waals surface area contributed by atoms with Crippen molar-refractivity contribution in [3.8, 4) is 11.5 Å². The van der Waals surface area contributed by atoms with Crippen LogP contribution in [0.1, 0.15) is 34.9 Å². The van der Waals surface area contributed by atoms with Crippen LogP contribution in [-0.4, -0.2) is 56.3 Å².